The molecule has 1 fully saturated rings. The van der Waals surface area contributed by atoms with Crippen molar-refractivity contribution < 1.29 is 9.21 Å². The van der Waals surface area contributed by atoms with Gasteiger partial charge in [-0.2, -0.15) is 0 Å². The zero-order chi connectivity index (χ0) is 21.9. The van der Waals surface area contributed by atoms with Crippen molar-refractivity contribution in [3.63, 3.8) is 0 Å². The lowest BCUT2D eigenvalue weighted by Gasteiger charge is -2.21. The zero-order valence-corrected chi connectivity index (χ0v) is 18.7. The number of aromatic nitrogens is 5. The Bertz CT molecular complexity index is 1170. The van der Waals surface area contributed by atoms with Gasteiger partial charge in [0.25, 0.3) is 0 Å². The first-order valence-electron chi connectivity index (χ1n) is 10.8. The van der Waals surface area contributed by atoms with E-state index in [1.807, 2.05) is 52.8 Å². The summed E-state index contributed by atoms with van der Waals surface area (Å²) in [4.78, 5) is 25.2. The number of carbonyl (C=O) groups is 1. The van der Waals surface area contributed by atoms with Gasteiger partial charge in [-0.15, -0.1) is 10.2 Å². The summed E-state index contributed by atoms with van der Waals surface area (Å²) in [6.07, 6.45) is 2.52. The molecule has 1 amide bonds. The number of anilines is 1. The number of furan rings is 1. The number of amides is 1. The summed E-state index contributed by atoms with van der Waals surface area (Å²) in [5.41, 5.74) is 2.00. The summed E-state index contributed by atoms with van der Waals surface area (Å²) in [6, 6.07) is 11.7. The van der Waals surface area contributed by atoms with E-state index in [1.165, 1.54) is 11.8 Å². The number of thioether (sulfide) groups is 1. The van der Waals surface area contributed by atoms with Gasteiger partial charge >= 0.3 is 0 Å². The van der Waals surface area contributed by atoms with Crippen molar-refractivity contribution in [2.45, 2.75) is 25.0 Å². The molecule has 10 heteroatoms. The van der Waals surface area contributed by atoms with Crippen LogP contribution in [0.2, 0.25) is 0 Å². The summed E-state index contributed by atoms with van der Waals surface area (Å²) in [5.74, 6) is 2.68. The lowest BCUT2D eigenvalue weighted by Crippen LogP contribution is -2.36. The van der Waals surface area contributed by atoms with Crippen LogP contribution in [0.15, 0.2) is 52.2 Å². The van der Waals surface area contributed by atoms with Gasteiger partial charge in [-0.25, -0.2) is 4.98 Å². The Balaban J connectivity index is 1.20. The number of nitrogens with zero attached hydrogens (tertiary/aromatic N) is 6. The number of hydrogen-bond donors (Lipinski definition) is 1. The molecule has 0 unspecified atom stereocenters. The van der Waals surface area contributed by atoms with Crippen LogP contribution in [0, 0.1) is 0 Å². The van der Waals surface area contributed by atoms with Crippen molar-refractivity contribution in [1.29, 1.82) is 0 Å². The monoisotopic (exact) mass is 451 g/mol. The van der Waals surface area contributed by atoms with Crippen LogP contribution in [-0.2, 0) is 11.3 Å². The molecule has 0 saturated carbocycles. The fraction of sp³-hybridized carbons (Fsp3) is 0.364. The molecule has 4 heterocycles. The number of rotatable bonds is 6. The van der Waals surface area contributed by atoms with Crippen LogP contribution >= 0.6 is 11.8 Å². The highest BCUT2D eigenvalue weighted by Gasteiger charge is 2.22. The van der Waals surface area contributed by atoms with Gasteiger partial charge in [0.2, 0.25) is 11.9 Å². The maximum Gasteiger partial charge on any atom is 0.233 e. The summed E-state index contributed by atoms with van der Waals surface area (Å²) in [7, 11) is 0. The highest BCUT2D eigenvalue weighted by Crippen LogP contribution is 2.25. The minimum atomic E-state index is 0.117. The predicted molar refractivity (Wildman–Crippen MR) is 124 cm³/mol. The van der Waals surface area contributed by atoms with E-state index in [2.05, 4.69) is 20.1 Å². The molecule has 0 radical (unpaired) electrons. The maximum absolute atomic E-state index is 12.9. The smallest absolute Gasteiger partial charge is 0.233 e. The quantitative estimate of drug-likeness (QED) is 0.450. The van der Waals surface area contributed by atoms with Crippen molar-refractivity contribution in [2.24, 2.45) is 0 Å². The topological polar surface area (TPSA) is 96.1 Å². The number of para-hydroxylation sites is 2. The number of carbonyl (C=O) groups excluding carboxylic acids is 1. The summed E-state index contributed by atoms with van der Waals surface area (Å²) in [6.45, 7) is 5.78. The number of hydrogen-bond acceptors (Lipinski definition) is 7. The SMILES string of the molecule is CCn1c(SCC(=O)N2CCCN(c3nc4ccccc4[nH]3)CC2)nnc1-c1ccco1. The molecular formula is C22H25N7O2S. The molecule has 166 valence electrons. The predicted octanol–water partition coefficient (Wildman–Crippen LogP) is 3.27. The van der Waals surface area contributed by atoms with E-state index in [0.29, 0.717) is 30.4 Å². The number of benzene rings is 1. The van der Waals surface area contributed by atoms with E-state index >= 15 is 0 Å². The molecule has 1 N–H and O–H groups in total. The molecule has 0 aliphatic carbocycles. The Morgan fingerprint density at radius 3 is 2.84 bits per heavy atom. The van der Waals surface area contributed by atoms with Crippen LogP contribution in [0.1, 0.15) is 13.3 Å². The van der Waals surface area contributed by atoms with Crippen LogP contribution < -0.4 is 4.90 Å². The Kier molecular flexibility index (Phi) is 5.85. The fourth-order valence-electron chi connectivity index (χ4n) is 3.95. The molecule has 1 aromatic carbocycles. The van der Waals surface area contributed by atoms with Crippen molar-refractivity contribution in [3.8, 4) is 11.6 Å². The first kappa shape index (κ1) is 20.6. The second-order valence-electron chi connectivity index (χ2n) is 7.62. The van der Waals surface area contributed by atoms with Gasteiger partial charge in [-0.05, 0) is 37.6 Å². The van der Waals surface area contributed by atoms with Gasteiger partial charge in [0, 0.05) is 32.7 Å². The van der Waals surface area contributed by atoms with Gasteiger partial charge in [0.05, 0.1) is 23.0 Å². The third-order valence-corrected chi connectivity index (χ3v) is 6.58. The van der Waals surface area contributed by atoms with Crippen LogP contribution in [0.4, 0.5) is 5.95 Å². The van der Waals surface area contributed by atoms with Crippen LogP contribution in [0.25, 0.3) is 22.6 Å². The van der Waals surface area contributed by atoms with E-state index in [0.717, 1.165) is 48.2 Å². The molecule has 9 nitrogen and oxygen atoms in total. The highest BCUT2D eigenvalue weighted by molar-refractivity contribution is 7.99. The molecule has 0 bridgehead atoms. The van der Waals surface area contributed by atoms with E-state index in [9.17, 15) is 4.79 Å². The molecule has 3 aromatic heterocycles. The molecule has 1 saturated heterocycles. The van der Waals surface area contributed by atoms with Crippen molar-refractivity contribution >= 4 is 34.7 Å². The third-order valence-electron chi connectivity index (χ3n) is 5.62. The van der Waals surface area contributed by atoms with Gasteiger partial charge in [-0.3, -0.25) is 9.36 Å². The minimum Gasteiger partial charge on any atom is -0.461 e. The Labute approximate surface area is 189 Å². The molecular weight excluding hydrogens is 426 g/mol. The number of fused-ring (bicyclic) bond motifs is 1. The van der Waals surface area contributed by atoms with E-state index < -0.39 is 0 Å². The van der Waals surface area contributed by atoms with Gasteiger partial charge in [-0.1, -0.05) is 23.9 Å². The lowest BCUT2D eigenvalue weighted by atomic mass is 10.3. The van der Waals surface area contributed by atoms with E-state index in [4.69, 9.17) is 9.40 Å². The Hall–Kier alpha value is -3.27. The van der Waals surface area contributed by atoms with Crippen molar-refractivity contribution in [3.05, 3.63) is 42.7 Å². The second kappa shape index (κ2) is 9.07. The number of imidazole rings is 1. The van der Waals surface area contributed by atoms with Gasteiger partial charge in [0.15, 0.2) is 16.7 Å². The van der Waals surface area contributed by atoms with Gasteiger partial charge in [0.1, 0.15) is 0 Å². The van der Waals surface area contributed by atoms with E-state index in [1.54, 1.807) is 6.26 Å². The lowest BCUT2D eigenvalue weighted by molar-refractivity contribution is -0.128. The molecule has 0 atom stereocenters. The number of aromatic amines is 1. The summed E-state index contributed by atoms with van der Waals surface area (Å²) < 4.78 is 7.43. The first-order valence-corrected chi connectivity index (χ1v) is 11.8. The van der Waals surface area contributed by atoms with Gasteiger partial charge < -0.3 is 19.2 Å². The zero-order valence-electron chi connectivity index (χ0n) is 17.9. The highest BCUT2D eigenvalue weighted by atomic mass is 32.2. The number of H-pyrrole nitrogens is 1. The normalized spacial score (nSPS) is 14.8. The van der Waals surface area contributed by atoms with Crippen LogP contribution in [0.5, 0.6) is 0 Å². The van der Waals surface area contributed by atoms with Crippen LogP contribution in [-0.4, -0.2) is 67.5 Å². The van der Waals surface area contributed by atoms with E-state index in [-0.39, 0.29) is 5.91 Å². The molecule has 5 rings (SSSR count). The molecule has 1 aliphatic rings. The molecule has 4 aromatic rings. The average Bonchev–Trinajstić information content (AvgIpc) is 3.53. The standard InChI is InChI=1S/C22H25N7O2S/c1-2-29-20(18-9-5-14-31-18)25-26-22(29)32-15-19(30)27-10-6-11-28(13-12-27)21-23-16-7-3-4-8-17(16)24-21/h3-5,7-9,14H,2,6,10-13,15H2,1H3,(H,23,24). The molecule has 32 heavy (non-hydrogen) atoms. The summed E-state index contributed by atoms with van der Waals surface area (Å²) in [5, 5.41) is 9.26. The Morgan fingerprint density at radius 2 is 2.03 bits per heavy atom. The first-order chi connectivity index (χ1) is 15.7. The summed E-state index contributed by atoms with van der Waals surface area (Å²) >= 11 is 1.42. The molecule has 1 aliphatic heterocycles. The largest absolute Gasteiger partial charge is 0.461 e. The average molecular weight is 452 g/mol. The van der Waals surface area contributed by atoms with Crippen molar-refractivity contribution in [2.75, 3.05) is 36.8 Å². The van der Waals surface area contributed by atoms with Crippen molar-refractivity contribution in [1.82, 2.24) is 29.6 Å². The van der Waals surface area contributed by atoms with Crippen LogP contribution in [0.3, 0.4) is 0 Å². The minimum absolute atomic E-state index is 0.117. The number of nitrogens with one attached hydrogen (secondary N) is 1. The third kappa shape index (κ3) is 4.10. The Morgan fingerprint density at radius 1 is 1.12 bits per heavy atom. The fourth-order valence-corrected chi connectivity index (χ4v) is 4.86. The maximum atomic E-state index is 12.9. The second-order valence-corrected chi connectivity index (χ2v) is 8.56. The molecule has 0 spiro atoms.